The molecule has 0 aliphatic carbocycles. The smallest absolute Gasteiger partial charge is 0.407 e. The molecule has 320 valence electrons. The highest BCUT2D eigenvalue weighted by Gasteiger charge is 2.48. The van der Waals surface area contributed by atoms with Crippen LogP contribution in [-0.2, 0) is 23.9 Å². The van der Waals surface area contributed by atoms with Gasteiger partial charge in [-0.3, -0.25) is 19.2 Å². The summed E-state index contributed by atoms with van der Waals surface area (Å²) >= 11 is 0. The van der Waals surface area contributed by atoms with E-state index in [4.69, 9.17) is 4.74 Å². The van der Waals surface area contributed by atoms with Crippen LogP contribution >= 0.6 is 0 Å². The van der Waals surface area contributed by atoms with Crippen molar-refractivity contribution in [1.29, 1.82) is 0 Å². The highest BCUT2D eigenvalue weighted by Crippen LogP contribution is 2.39. The van der Waals surface area contributed by atoms with E-state index in [-0.39, 0.29) is 54.8 Å². The largest absolute Gasteiger partial charge is 0.446 e. The predicted octanol–water partition coefficient (Wildman–Crippen LogP) is 4.65. The number of alkyl carbamates (subject to hydrolysis) is 1. The maximum atomic E-state index is 13.6. The van der Waals surface area contributed by atoms with E-state index in [1.54, 1.807) is 30.9 Å². The van der Waals surface area contributed by atoms with E-state index in [1.807, 2.05) is 69.2 Å². The number of hydrogen-bond acceptors (Lipinski definition) is 10. The quantitative estimate of drug-likeness (QED) is 0.127. The molecular weight excluding hydrogens is 718 g/mol. The Kier molecular flexibility index (Phi) is 16.0. The molecular formula is C41H73N7O8. The van der Waals surface area contributed by atoms with Gasteiger partial charge in [0.25, 0.3) is 0 Å². The molecule has 15 nitrogen and oxygen atoms in total. The molecule has 0 aromatic carbocycles. The van der Waals surface area contributed by atoms with Gasteiger partial charge in [0.05, 0.1) is 12.6 Å². The van der Waals surface area contributed by atoms with Crippen molar-refractivity contribution in [2.75, 3.05) is 13.1 Å². The highest BCUT2D eigenvalue weighted by molar-refractivity contribution is 5.94. The van der Waals surface area contributed by atoms with Crippen molar-refractivity contribution in [1.82, 2.24) is 36.3 Å². The molecule has 6 N–H and O–H groups in total. The van der Waals surface area contributed by atoms with Crippen molar-refractivity contribution >= 4 is 29.7 Å². The van der Waals surface area contributed by atoms with E-state index >= 15 is 0 Å². The Morgan fingerprint density at radius 3 is 2.04 bits per heavy atom. The standard InChI is InChI=1S/C41H73N7O8/c1-13-41(12)22-29(21-38(6,7)48(41)55)43-32(49)25-42-36(52)34(27(4)5)45-35(51)31-17-15-19-46(31)33(50)18-14-16-28(20-26(2)3)44-37(53)56-30-23-39(8,9)47(54)40(10,11)24-30/h14,16,26-31,34,54-55H,13,15,17-25H2,1-12H3,(H,42,52)(H,43,49)(H,44,53)(H,45,51)/b16-14+. The molecule has 0 spiro atoms. The number of nitrogens with one attached hydrogen (secondary N) is 4. The molecule has 3 aliphatic heterocycles. The first-order chi connectivity index (χ1) is 25.8. The zero-order chi connectivity index (χ0) is 42.4. The Morgan fingerprint density at radius 2 is 1.46 bits per heavy atom. The second-order valence-electron chi connectivity index (χ2n) is 19.2. The van der Waals surface area contributed by atoms with Gasteiger partial charge in [-0.25, -0.2) is 4.79 Å². The number of hydroxylamine groups is 4. The monoisotopic (exact) mass is 792 g/mol. The predicted molar refractivity (Wildman–Crippen MR) is 214 cm³/mol. The van der Waals surface area contributed by atoms with Gasteiger partial charge < -0.3 is 41.3 Å². The number of piperidine rings is 2. The number of rotatable bonds is 15. The van der Waals surface area contributed by atoms with E-state index in [0.717, 1.165) is 0 Å². The summed E-state index contributed by atoms with van der Waals surface area (Å²) in [5.74, 6) is -1.53. The Bertz CT molecular complexity index is 1410. The summed E-state index contributed by atoms with van der Waals surface area (Å²) in [7, 11) is 0. The van der Waals surface area contributed by atoms with Crippen molar-refractivity contribution in [3.05, 3.63) is 12.2 Å². The Labute approximate surface area is 335 Å². The third-order valence-electron chi connectivity index (χ3n) is 11.8. The molecule has 5 unspecified atom stereocenters. The number of likely N-dealkylation sites (tertiary alicyclic amines) is 1. The van der Waals surface area contributed by atoms with Crippen molar-refractivity contribution in [3.8, 4) is 0 Å². The maximum absolute atomic E-state index is 13.6. The van der Waals surface area contributed by atoms with Crippen molar-refractivity contribution in [2.45, 2.75) is 193 Å². The molecule has 0 radical (unpaired) electrons. The second-order valence-corrected chi connectivity index (χ2v) is 19.2. The number of nitrogens with zero attached hydrogens (tertiary/aromatic N) is 3. The van der Waals surface area contributed by atoms with Crippen LogP contribution in [0.5, 0.6) is 0 Å². The fraction of sp³-hybridized carbons (Fsp3) is 0.829. The number of hydrogen-bond donors (Lipinski definition) is 6. The van der Waals surface area contributed by atoms with Crippen molar-refractivity contribution < 1.29 is 39.1 Å². The van der Waals surface area contributed by atoms with Crippen LogP contribution in [0, 0.1) is 11.8 Å². The average Bonchev–Trinajstić information content (AvgIpc) is 3.57. The van der Waals surface area contributed by atoms with E-state index in [1.165, 1.54) is 10.1 Å². The lowest BCUT2D eigenvalue weighted by molar-refractivity contribution is -0.256. The van der Waals surface area contributed by atoms with Crippen LogP contribution in [0.25, 0.3) is 0 Å². The summed E-state index contributed by atoms with van der Waals surface area (Å²) < 4.78 is 5.82. The average molecular weight is 792 g/mol. The van der Waals surface area contributed by atoms with Gasteiger partial charge >= 0.3 is 6.09 Å². The van der Waals surface area contributed by atoms with Crippen LogP contribution in [-0.4, -0.2) is 121 Å². The van der Waals surface area contributed by atoms with Gasteiger partial charge in [-0.05, 0) is 98.8 Å². The van der Waals surface area contributed by atoms with E-state index in [9.17, 15) is 34.4 Å². The lowest BCUT2D eigenvalue weighted by atomic mass is 9.76. The Hall–Kier alpha value is -3.27. The minimum Gasteiger partial charge on any atom is -0.446 e. The molecule has 3 heterocycles. The summed E-state index contributed by atoms with van der Waals surface area (Å²) in [4.78, 5) is 67.8. The van der Waals surface area contributed by atoms with Gasteiger partial charge in [-0.2, -0.15) is 10.1 Å². The first-order valence-corrected chi connectivity index (χ1v) is 20.6. The molecule has 3 aliphatic rings. The minimum absolute atomic E-state index is 0.0293. The van der Waals surface area contributed by atoms with Gasteiger partial charge in [0.2, 0.25) is 23.6 Å². The molecule has 0 saturated carbocycles. The highest BCUT2D eigenvalue weighted by atomic mass is 16.6. The van der Waals surface area contributed by atoms with Crippen molar-refractivity contribution in [3.63, 3.8) is 0 Å². The van der Waals surface area contributed by atoms with E-state index in [0.29, 0.717) is 57.9 Å². The fourth-order valence-corrected chi connectivity index (χ4v) is 8.93. The Balaban J connectivity index is 1.54. The molecule has 0 aromatic rings. The fourth-order valence-electron chi connectivity index (χ4n) is 8.93. The van der Waals surface area contributed by atoms with Gasteiger partial charge in [0, 0.05) is 54.0 Å². The number of amides is 5. The van der Waals surface area contributed by atoms with Crippen LogP contribution in [0.3, 0.4) is 0 Å². The molecule has 3 rings (SSSR count). The first kappa shape index (κ1) is 47.1. The third kappa shape index (κ3) is 12.4. The lowest BCUT2D eigenvalue weighted by Gasteiger charge is -2.52. The van der Waals surface area contributed by atoms with Crippen LogP contribution in [0.1, 0.15) is 141 Å². The van der Waals surface area contributed by atoms with Crippen LogP contribution in [0.15, 0.2) is 12.2 Å². The zero-order valence-corrected chi connectivity index (χ0v) is 36.2. The normalized spacial score (nSPS) is 26.5. The molecule has 56 heavy (non-hydrogen) atoms. The van der Waals surface area contributed by atoms with Crippen LogP contribution in [0.2, 0.25) is 0 Å². The summed E-state index contributed by atoms with van der Waals surface area (Å²) in [5, 5.41) is 35.6. The molecule has 5 amide bonds. The van der Waals surface area contributed by atoms with E-state index in [2.05, 4.69) is 21.3 Å². The van der Waals surface area contributed by atoms with E-state index < -0.39 is 52.1 Å². The summed E-state index contributed by atoms with van der Waals surface area (Å²) in [5.41, 5.74) is -2.17. The zero-order valence-electron chi connectivity index (χ0n) is 36.2. The molecule has 15 heteroatoms. The minimum atomic E-state index is -0.913. The van der Waals surface area contributed by atoms with Gasteiger partial charge in [-0.1, -0.05) is 46.8 Å². The molecule has 3 fully saturated rings. The number of carbonyl (C=O) groups excluding carboxylic acids is 5. The Morgan fingerprint density at radius 1 is 0.857 bits per heavy atom. The van der Waals surface area contributed by atoms with Gasteiger partial charge in [0.1, 0.15) is 18.2 Å². The van der Waals surface area contributed by atoms with Gasteiger partial charge in [-0.15, -0.1) is 0 Å². The summed E-state index contributed by atoms with van der Waals surface area (Å²) in [6, 6.07) is -2.21. The maximum Gasteiger partial charge on any atom is 0.407 e. The van der Waals surface area contributed by atoms with Crippen LogP contribution in [0.4, 0.5) is 4.79 Å². The summed E-state index contributed by atoms with van der Waals surface area (Å²) in [6.45, 7) is 23.3. The second kappa shape index (κ2) is 19.0. The molecule has 3 saturated heterocycles. The van der Waals surface area contributed by atoms with Crippen LogP contribution < -0.4 is 21.3 Å². The summed E-state index contributed by atoms with van der Waals surface area (Å²) in [6.07, 6.45) is 7.10. The topological polar surface area (TPSA) is 193 Å². The number of ether oxygens (including phenoxy) is 1. The first-order valence-electron chi connectivity index (χ1n) is 20.6. The SMILES string of the molecule is CCC1(C)CC(NC(=O)CNC(=O)C(NC(=O)C2CCCN2C(=O)C/C=C/C(CC(C)C)NC(=O)OC2CC(C)(C)N(O)C(C)(C)C2)C(C)C)CC(C)(C)N1O. The van der Waals surface area contributed by atoms with Crippen molar-refractivity contribution in [2.24, 2.45) is 11.8 Å². The molecule has 0 bridgehead atoms. The molecule has 5 atom stereocenters. The lowest BCUT2D eigenvalue weighted by Crippen LogP contribution is -2.64. The van der Waals surface area contributed by atoms with Gasteiger partial charge in [0.15, 0.2) is 0 Å². The molecule has 0 aromatic heterocycles. The number of carbonyl (C=O) groups is 5. The third-order valence-corrected chi connectivity index (χ3v) is 11.8.